The van der Waals surface area contributed by atoms with E-state index in [1.807, 2.05) is 6.08 Å². The van der Waals surface area contributed by atoms with Crippen LogP contribution in [0.25, 0.3) is 0 Å². The van der Waals surface area contributed by atoms with E-state index in [-0.39, 0.29) is 0 Å². The molecule has 0 aromatic rings. The second-order valence-electron chi connectivity index (χ2n) is 1.95. The summed E-state index contributed by atoms with van der Waals surface area (Å²) >= 11 is 0. The Morgan fingerprint density at radius 1 is 1.20 bits per heavy atom. The minimum absolute atomic E-state index is 0.805. The van der Waals surface area contributed by atoms with Gasteiger partial charge in [-0.25, -0.2) is 0 Å². The number of rotatable bonds is 6. The first-order chi connectivity index (χ1) is 4.91. The highest BCUT2D eigenvalue weighted by molar-refractivity contribution is 4.65. The highest BCUT2D eigenvalue weighted by Gasteiger charge is 1.81. The molecule has 0 fully saturated rings. The van der Waals surface area contributed by atoms with Crippen LogP contribution in [0.15, 0.2) is 35.7 Å². The van der Waals surface area contributed by atoms with Crippen molar-refractivity contribution in [3.63, 3.8) is 0 Å². The summed E-state index contributed by atoms with van der Waals surface area (Å²) in [7, 11) is 0. The van der Waals surface area contributed by atoms with Crippen molar-refractivity contribution in [3.05, 3.63) is 25.4 Å². The molecule has 0 radical (unpaired) electrons. The Morgan fingerprint density at radius 2 is 2.00 bits per heavy atom. The molecule has 2 nitrogen and oxygen atoms in total. The first kappa shape index (κ1) is 9.08. The lowest BCUT2D eigenvalue weighted by molar-refractivity contribution is 0.740. The van der Waals surface area contributed by atoms with Gasteiger partial charge in [-0.2, -0.15) is 10.2 Å². The van der Waals surface area contributed by atoms with Gasteiger partial charge in [0.2, 0.25) is 0 Å². The zero-order valence-corrected chi connectivity index (χ0v) is 6.29. The zero-order chi connectivity index (χ0) is 7.66. The van der Waals surface area contributed by atoms with E-state index in [2.05, 4.69) is 23.4 Å². The molecule has 0 aromatic carbocycles. The number of hydrogen-bond donors (Lipinski definition) is 0. The molecule has 0 N–H and O–H groups in total. The molecule has 0 unspecified atom stereocenters. The van der Waals surface area contributed by atoms with E-state index in [4.69, 9.17) is 0 Å². The Hall–Kier alpha value is -0.920. The highest BCUT2D eigenvalue weighted by Crippen LogP contribution is 1.95. The van der Waals surface area contributed by atoms with E-state index < -0.39 is 0 Å². The fourth-order valence-corrected chi connectivity index (χ4v) is 0.587. The lowest BCUT2D eigenvalue weighted by Gasteiger charge is -1.89. The third-order valence-corrected chi connectivity index (χ3v) is 1.08. The maximum absolute atomic E-state index is 3.83. The van der Waals surface area contributed by atoms with Gasteiger partial charge in [-0.1, -0.05) is 12.7 Å². The van der Waals surface area contributed by atoms with Crippen molar-refractivity contribution in [1.82, 2.24) is 0 Å². The predicted octanol–water partition coefficient (Wildman–Crippen LogP) is 2.94. The third-order valence-electron chi connectivity index (χ3n) is 1.08. The average molecular weight is 138 g/mol. The van der Waals surface area contributed by atoms with Gasteiger partial charge in [0.15, 0.2) is 0 Å². The van der Waals surface area contributed by atoms with Crippen LogP contribution in [0.5, 0.6) is 0 Å². The lowest BCUT2D eigenvalue weighted by Crippen LogP contribution is -1.77. The molecule has 10 heavy (non-hydrogen) atoms. The maximum atomic E-state index is 3.83. The number of hydrogen-bond acceptors (Lipinski definition) is 2. The Balaban J connectivity index is 2.96. The molecule has 0 saturated heterocycles. The maximum Gasteiger partial charge on any atom is 0.0603 e. The van der Waals surface area contributed by atoms with Crippen LogP contribution in [-0.4, -0.2) is 6.54 Å². The van der Waals surface area contributed by atoms with Gasteiger partial charge in [0.25, 0.3) is 0 Å². The summed E-state index contributed by atoms with van der Waals surface area (Å²) in [4.78, 5) is 0. The Bertz CT molecular complexity index is 116. The van der Waals surface area contributed by atoms with Gasteiger partial charge < -0.3 is 0 Å². The molecule has 0 aliphatic heterocycles. The van der Waals surface area contributed by atoms with Crippen molar-refractivity contribution in [3.8, 4) is 0 Å². The van der Waals surface area contributed by atoms with Crippen molar-refractivity contribution in [2.45, 2.75) is 19.3 Å². The van der Waals surface area contributed by atoms with Crippen LogP contribution in [0.3, 0.4) is 0 Å². The second-order valence-corrected chi connectivity index (χ2v) is 1.95. The lowest BCUT2D eigenvalue weighted by atomic mass is 10.2. The van der Waals surface area contributed by atoms with Crippen molar-refractivity contribution < 1.29 is 0 Å². The predicted molar refractivity (Wildman–Crippen MR) is 44.0 cm³/mol. The summed E-state index contributed by atoms with van der Waals surface area (Å²) in [6.07, 6.45) is 6.69. The average Bonchev–Trinajstić information content (AvgIpc) is 1.97. The molecule has 0 bridgehead atoms. The molecule has 0 heterocycles. The van der Waals surface area contributed by atoms with Gasteiger partial charge in [0.05, 0.1) is 6.54 Å². The number of unbranched alkanes of at least 4 members (excludes halogenated alkanes) is 2. The fourth-order valence-electron chi connectivity index (χ4n) is 0.587. The molecular formula is C8H14N2. The van der Waals surface area contributed by atoms with Gasteiger partial charge in [0.1, 0.15) is 0 Å². The molecule has 0 spiro atoms. The molecule has 0 aromatic heterocycles. The Kier molecular flexibility index (Phi) is 7.34. The summed E-state index contributed by atoms with van der Waals surface area (Å²) < 4.78 is 0. The monoisotopic (exact) mass is 138 g/mol. The molecular weight excluding hydrogens is 124 g/mol. The third kappa shape index (κ3) is 7.08. The van der Waals surface area contributed by atoms with Crippen molar-refractivity contribution in [2.75, 3.05) is 6.54 Å². The van der Waals surface area contributed by atoms with Crippen molar-refractivity contribution >= 4 is 0 Å². The summed E-state index contributed by atoms with van der Waals surface area (Å²) in [5.41, 5.74) is 0. The van der Waals surface area contributed by atoms with E-state index in [0.29, 0.717) is 0 Å². The SMILES string of the molecule is C=CCCCC/N=N\C=C. The van der Waals surface area contributed by atoms with Crippen LogP contribution >= 0.6 is 0 Å². The number of allylic oxidation sites excluding steroid dienone is 1. The van der Waals surface area contributed by atoms with Crippen molar-refractivity contribution in [2.24, 2.45) is 10.2 Å². The standard InChI is InChI=1S/C8H14N2/c1-3-5-6-7-8-10-9-4-2/h3-4H,1-2,5-8H2/b10-9-. The van der Waals surface area contributed by atoms with Gasteiger partial charge in [-0.15, -0.1) is 6.58 Å². The summed E-state index contributed by atoms with van der Waals surface area (Å²) in [5, 5.41) is 7.47. The van der Waals surface area contributed by atoms with E-state index in [9.17, 15) is 0 Å². The molecule has 0 saturated carbocycles. The van der Waals surface area contributed by atoms with Crippen LogP contribution in [0.2, 0.25) is 0 Å². The Morgan fingerprint density at radius 3 is 2.60 bits per heavy atom. The van der Waals surface area contributed by atoms with Gasteiger partial charge in [0, 0.05) is 6.20 Å². The summed E-state index contributed by atoms with van der Waals surface area (Å²) in [5.74, 6) is 0. The number of azo groups is 1. The molecule has 0 amide bonds. The van der Waals surface area contributed by atoms with Gasteiger partial charge in [-0.05, 0) is 19.3 Å². The van der Waals surface area contributed by atoms with Crippen LogP contribution in [0.1, 0.15) is 19.3 Å². The molecule has 0 aliphatic carbocycles. The van der Waals surface area contributed by atoms with E-state index in [0.717, 1.165) is 25.8 Å². The van der Waals surface area contributed by atoms with Crippen LogP contribution in [0, 0.1) is 0 Å². The molecule has 56 valence electrons. The van der Waals surface area contributed by atoms with Crippen LogP contribution < -0.4 is 0 Å². The molecule has 2 heteroatoms. The van der Waals surface area contributed by atoms with E-state index in [1.54, 1.807) is 0 Å². The molecule has 0 atom stereocenters. The first-order valence-electron chi connectivity index (χ1n) is 3.50. The summed E-state index contributed by atoms with van der Waals surface area (Å²) in [6, 6.07) is 0. The minimum Gasteiger partial charge on any atom is -0.189 e. The minimum atomic E-state index is 0.805. The van der Waals surface area contributed by atoms with E-state index >= 15 is 0 Å². The zero-order valence-electron chi connectivity index (χ0n) is 6.29. The number of nitrogens with zero attached hydrogens (tertiary/aromatic N) is 2. The normalized spacial score (nSPS) is 10.0. The molecule has 0 aliphatic rings. The smallest absolute Gasteiger partial charge is 0.0603 e. The van der Waals surface area contributed by atoms with E-state index in [1.165, 1.54) is 6.20 Å². The highest BCUT2D eigenvalue weighted by atomic mass is 15.1. The van der Waals surface area contributed by atoms with Gasteiger partial charge >= 0.3 is 0 Å². The summed E-state index contributed by atoms with van der Waals surface area (Å²) in [6.45, 7) is 7.85. The molecule has 0 rings (SSSR count). The second kappa shape index (κ2) is 8.08. The topological polar surface area (TPSA) is 24.7 Å². The largest absolute Gasteiger partial charge is 0.189 e. The Labute approximate surface area is 62.4 Å². The fraction of sp³-hybridized carbons (Fsp3) is 0.500. The first-order valence-corrected chi connectivity index (χ1v) is 3.50. The van der Waals surface area contributed by atoms with Crippen molar-refractivity contribution in [1.29, 1.82) is 0 Å². The van der Waals surface area contributed by atoms with Crippen LogP contribution in [-0.2, 0) is 0 Å². The van der Waals surface area contributed by atoms with Gasteiger partial charge in [-0.3, -0.25) is 0 Å². The quantitative estimate of drug-likeness (QED) is 0.306. The van der Waals surface area contributed by atoms with Crippen LogP contribution in [0.4, 0.5) is 0 Å².